The number of carbonyl (C=O) groups excluding carboxylic acids is 1. The standard InChI is InChI=1S/C20H23NO4/c1-20(2,3)12-21-18(23)13-8-9-16(17(10-13)19(24)25)15-7-5-4-6-14(15)11-22/h4-10,22H,11-12H2,1-3H3,(H,21,23)(H,24,25). The van der Waals surface area contributed by atoms with Crippen LogP contribution in [0.4, 0.5) is 0 Å². The summed E-state index contributed by atoms with van der Waals surface area (Å²) in [4.78, 5) is 24.0. The van der Waals surface area contributed by atoms with Crippen LogP contribution < -0.4 is 5.32 Å². The van der Waals surface area contributed by atoms with E-state index in [0.29, 0.717) is 28.8 Å². The molecule has 0 atom stereocenters. The van der Waals surface area contributed by atoms with Crippen molar-refractivity contribution in [2.24, 2.45) is 5.41 Å². The van der Waals surface area contributed by atoms with Gasteiger partial charge in [0, 0.05) is 12.1 Å². The second-order valence-electron chi connectivity index (χ2n) is 7.12. The van der Waals surface area contributed by atoms with E-state index in [1.807, 2.05) is 20.8 Å². The van der Waals surface area contributed by atoms with Gasteiger partial charge in [0.15, 0.2) is 0 Å². The number of carbonyl (C=O) groups is 2. The van der Waals surface area contributed by atoms with Crippen LogP contribution in [-0.4, -0.2) is 28.6 Å². The third-order valence-corrected chi connectivity index (χ3v) is 3.77. The predicted octanol–water partition coefficient (Wildman–Crippen LogP) is 3.32. The normalized spacial score (nSPS) is 11.2. The lowest BCUT2D eigenvalue weighted by Crippen LogP contribution is -2.32. The molecule has 5 nitrogen and oxygen atoms in total. The van der Waals surface area contributed by atoms with Crippen molar-refractivity contribution in [3.05, 3.63) is 59.2 Å². The second kappa shape index (κ2) is 7.49. The molecule has 25 heavy (non-hydrogen) atoms. The molecule has 0 heterocycles. The molecule has 0 aliphatic rings. The molecule has 2 aromatic rings. The first-order chi connectivity index (χ1) is 11.7. The fourth-order valence-corrected chi connectivity index (χ4v) is 2.47. The molecule has 3 N–H and O–H groups in total. The molecule has 0 unspecified atom stereocenters. The summed E-state index contributed by atoms with van der Waals surface area (Å²) < 4.78 is 0. The van der Waals surface area contributed by atoms with Gasteiger partial charge in [-0.05, 0) is 34.2 Å². The summed E-state index contributed by atoms with van der Waals surface area (Å²) in [5.41, 5.74) is 2.02. The van der Waals surface area contributed by atoms with Gasteiger partial charge in [0.2, 0.25) is 0 Å². The first-order valence-electron chi connectivity index (χ1n) is 8.07. The van der Waals surface area contributed by atoms with E-state index in [-0.39, 0.29) is 23.5 Å². The zero-order valence-electron chi connectivity index (χ0n) is 14.7. The highest BCUT2D eigenvalue weighted by Crippen LogP contribution is 2.28. The number of hydrogen-bond acceptors (Lipinski definition) is 3. The SMILES string of the molecule is CC(C)(C)CNC(=O)c1ccc(-c2ccccc2CO)c(C(=O)O)c1. The summed E-state index contributed by atoms with van der Waals surface area (Å²) in [5, 5.41) is 21.9. The minimum Gasteiger partial charge on any atom is -0.478 e. The van der Waals surface area contributed by atoms with E-state index >= 15 is 0 Å². The van der Waals surface area contributed by atoms with Crippen LogP contribution in [0.25, 0.3) is 11.1 Å². The van der Waals surface area contributed by atoms with E-state index in [9.17, 15) is 19.8 Å². The summed E-state index contributed by atoms with van der Waals surface area (Å²) in [7, 11) is 0. The monoisotopic (exact) mass is 341 g/mol. The quantitative estimate of drug-likeness (QED) is 0.778. The van der Waals surface area contributed by atoms with Gasteiger partial charge in [-0.1, -0.05) is 51.1 Å². The van der Waals surface area contributed by atoms with E-state index in [1.54, 1.807) is 36.4 Å². The van der Waals surface area contributed by atoms with Gasteiger partial charge in [-0.15, -0.1) is 0 Å². The maximum Gasteiger partial charge on any atom is 0.336 e. The Labute approximate surface area is 147 Å². The van der Waals surface area contributed by atoms with Crippen LogP contribution in [0.15, 0.2) is 42.5 Å². The fourth-order valence-electron chi connectivity index (χ4n) is 2.47. The minimum absolute atomic E-state index is 0.0318. The molecule has 0 spiro atoms. The molecular formula is C20H23NO4. The van der Waals surface area contributed by atoms with Crippen LogP contribution in [0.2, 0.25) is 0 Å². The van der Waals surface area contributed by atoms with Crippen molar-refractivity contribution >= 4 is 11.9 Å². The summed E-state index contributed by atoms with van der Waals surface area (Å²) in [6.07, 6.45) is 0. The third-order valence-electron chi connectivity index (χ3n) is 3.77. The number of carboxylic acids is 1. The molecule has 0 saturated carbocycles. The number of aromatic carboxylic acids is 1. The van der Waals surface area contributed by atoms with Crippen molar-refractivity contribution in [1.82, 2.24) is 5.32 Å². The lowest BCUT2D eigenvalue weighted by atomic mass is 9.93. The van der Waals surface area contributed by atoms with Gasteiger partial charge in [-0.2, -0.15) is 0 Å². The van der Waals surface area contributed by atoms with Crippen molar-refractivity contribution in [3.8, 4) is 11.1 Å². The van der Waals surface area contributed by atoms with Gasteiger partial charge in [0.25, 0.3) is 5.91 Å². The maximum absolute atomic E-state index is 12.3. The Bertz CT molecular complexity index is 791. The van der Waals surface area contributed by atoms with Crippen LogP contribution in [0.5, 0.6) is 0 Å². The van der Waals surface area contributed by atoms with Crippen molar-refractivity contribution < 1.29 is 19.8 Å². The molecule has 1 amide bonds. The zero-order valence-corrected chi connectivity index (χ0v) is 14.7. The lowest BCUT2D eigenvalue weighted by Gasteiger charge is -2.19. The van der Waals surface area contributed by atoms with Gasteiger partial charge in [0.1, 0.15) is 0 Å². The topological polar surface area (TPSA) is 86.6 Å². The molecule has 5 heteroatoms. The number of hydrogen-bond donors (Lipinski definition) is 3. The van der Waals surface area contributed by atoms with Crippen molar-refractivity contribution in [1.29, 1.82) is 0 Å². The summed E-state index contributed by atoms with van der Waals surface area (Å²) in [6, 6.07) is 11.7. The smallest absolute Gasteiger partial charge is 0.336 e. The van der Waals surface area contributed by atoms with E-state index in [4.69, 9.17) is 0 Å². The second-order valence-corrected chi connectivity index (χ2v) is 7.12. The molecule has 0 fully saturated rings. The average molecular weight is 341 g/mol. The third kappa shape index (κ3) is 4.67. The molecule has 0 radical (unpaired) electrons. The number of amides is 1. The summed E-state index contributed by atoms with van der Waals surface area (Å²) >= 11 is 0. The molecule has 0 aliphatic heterocycles. The molecule has 0 bridgehead atoms. The molecule has 0 aromatic heterocycles. The highest BCUT2D eigenvalue weighted by Gasteiger charge is 2.18. The van der Waals surface area contributed by atoms with Gasteiger partial charge >= 0.3 is 5.97 Å². The Hall–Kier alpha value is -2.66. The summed E-state index contributed by atoms with van der Waals surface area (Å²) in [5.74, 6) is -1.42. The van der Waals surface area contributed by atoms with Crippen molar-refractivity contribution in [3.63, 3.8) is 0 Å². The zero-order chi connectivity index (χ0) is 18.6. The molecular weight excluding hydrogens is 318 g/mol. The first-order valence-corrected chi connectivity index (χ1v) is 8.07. The van der Waals surface area contributed by atoms with Gasteiger partial charge in [-0.25, -0.2) is 4.79 Å². The highest BCUT2D eigenvalue weighted by atomic mass is 16.4. The Kier molecular flexibility index (Phi) is 5.59. The fraction of sp³-hybridized carbons (Fsp3) is 0.300. The number of carboxylic acid groups (broad SMARTS) is 1. The number of aliphatic hydroxyl groups excluding tert-OH is 1. The van der Waals surface area contributed by atoms with Gasteiger partial charge in [-0.3, -0.25) is 4.79 Å². The van der Waals surface area contributed by atoms with Gasteiger partial charge in [0.05, 0.1) is 12.2 Å². The predicted molar refractivity (Wildman–Crippen MR) is 96.5 cm³/mol. The van der Waals surface area contributed by atoms with E-state index in [1.165, 1.54) is 6.07 Å². The molecule has 2 aromatic carbocycles. The molecule has 0 aliphatic carbocycles. The van der Waals surface area contributed by atoms with Gasteiger partial charge < -0.3 is 15.5 Å². The summed E-state index contributed by atoms with van der Waals surface area (Å²) in [6.45, 7) is 6.31. The Morgan fingerprint density at radius 2 is 1.72 bits per heavy atom. The van der Waals surface area contributed by atoms with Crippen molar-refractivity contribution in [2.75, 3.05) is 6.54 Å². The van der Waals surface area contributed by atoms with Crippen LogP contribution in [-0.2, 0) is 6.61 Å². The van der Waals surface area contributed by atoms with Crippen LogP contribution in [0.3, 0.4) is 0 Å². The van der Waals surface area contributed by atoms with Crippen LogP contribution in [0, 0.1) is 5.41 Å². The number of nitrogens with one attached hydrogen (secondary N) is 1. The van der Waals surface area contributed by atoms with Crippen molar-refractivity contribution in [2.45, 2.75) is 27.4 Å². The van der Waals surface area contributed by atoms with E-state index in [2.05, 4.69) is 5.32 Å². The van der Waals surface area contributed by atoms with E-state index in [0.717, 1.165) is 0 Å². The Morgan fingerprint density at radius 3 is 2.32 bits per heavy atom. The molecule has 0 saturated heterocycles. The van der Waals surface area contributed by atoms with E-state index < -0.39 is 5.97 Å². The Balaban J connectivity index is 2.42. The number of aliphatic hydroxyl groups is 1. The highest BCUT2D eigenvalue weighted by molar-refractivity contribution is 6.01. The molecule has 132 valence electrons. The van der Waals surface area contributed by atoms with Crippen LogP contribution >= 0.6 is 0 Å². The number of benzene rings is 2. The molecule has 2 rings (SSSR count). The van der Waals surface area contributed by atoms with Crippen LogP contribution in [0.1, 0.15) is 47.1 Å². The maximum atomic E-state index is 12.3. The largest absolute Gasteiger partial charge is 0.478 e. The Morgan fingerprint density at radius 1 is 1.04 bits per heavy atom. The number of rotatable bonds is 5. The lowest BCUT2D eigenvalue weighted by molar-refractivity contribution is 0.0697. The first kappa shape index (κ1) is 18.7. The average Bonchev–Trinajstić information content (AvgIpc) is 2.58. The minimum atomic E-state index is -1.12.